The number of nitrogens with zero attached hydrogens (tertiary/aromatic N) is 3. The zero-order chi connectivity index (χ0) is 29.1. The Labute approximate surface area is 249 Å². The molecule has 0 bridgehead atoms. The second-order valence-corrected chi connectivity index (χ2v) is 10.3. The lowest BCUT2D eigenvalue weighted by atomic mass is 9.63. The lowest BCUT2D eigenvalue weighted by Gasteiger charge is -2.38. The van der Waals surface area contributed by atoms with Gasteiger partial charge < -0.3 is 4.74 Å². The average molecular weight is 560 g/mol. The number of para-hydroxylation sites is 1. The van der Waals surface area contributed by atoms with Crippen molar-refractivity contribution in [2.45, 2.75) is 5.41 Å². The van der Waals surface area contributed by atoms with Gasteiger partial charge in [0, 0.05) is 5.39 Å². The van der Waals surface area contributed by atoms with E-state index in [2.05, 4.69) is 141 Å². The Kier molecular flexibility index (Phi) is 6.85. The highest BCUT2D eigenvalue weighted by Crippen LogP contribution is 2.49. The number of aromatic amines is 2. The van der Waals surface area contributed by atoms with Crippen molar-refractivity contribution in [2.75, 3.05) is 7.11 Å². The number of nitrogens with one attached hydrogen (secondary N) is 2. The number of ether oxygens (including phenoxy) is 1. The summed E-state index contributed by atoms with van der Waals surface area (Å²) < 4.78 is 5.96. The van der Waals surface area contributed by atoms with Gasteiger partial charge in [-0.1, -0.05) is 121 Å². The van der Waals surface area contributed by atoms with Crippen LogP contribution in [0, 0.1) is 0 Å². The van der Waals surface area contributed by atoms with E-state index < -0.39 is 5.41 Å². The first-order chi connectivity index (χ1) is 21.3. The van der Waals surface area contributed by atoms with Crippen molar-refractivity contribution >= 4 is 23.1 Å². The van der Waals surface area contributed by atoms with Gasteiger partial charge in [-0.25, -0.2) is 4.98 Å². The first-order valence-electron chi connectivity index (χ1n) is 14.2. The van der Waals surface area contributed by atoms with Gasteiger partial charge >= 0.3 is 0 Å². The van der Waals surface area contributed by atoms with Gasteiger partial charge in [-0.15, -0.1) is 0 Å². The molecule has 0 aliphatic carbocycles. The molecule has 7 aromatic rings. The van der Waals surface area contributed by atoms with Crippen LogP contribution in [-0.2, 0) is 5.41 Å². The molecular formula is C37H29N5O. The van der Waals surface area contributed by atoms with Crippen LogP contribution in [-0.4, -0.2) is 32.5 Å². The van der Waals surface area contributed by atoms with Gasteiger partial charge in [0.1, 0.15) is 12.1 Å². The fourth-order valence-electron chi connectivity index (χ4n) is 6.14. The molecule has 2 N–H and O–H groups in total. The maximum absolute atomic E-state index is 5.96. The van der Waals surface area contributed by atoms with Crippen LogP contribution in [0.15, 0.2) is 134 Å². The molecule has 208 valence electrons. The predicted octanol–water partition coefficient (Wildman–Crippen LogP) is 7.91. The Morgan fingerprint density at radius 1 is 0.651 bits per heavy atom. The summed E-state index contributed by atoms with van der Waals surface area (Å²) in [4.78, 5) is 4.59. The van der Waals surface area contributed by atoms with Crippen molar-refractivity contribution in [3.63, 3.8) is 0 Å². The van der Waals surface area contributed by atoms with Crippen molar-refractivity contribution in [1.29, 1.82) is 0 Å². The molecule has 0 unspecified atom stereocenters. The van der Waals surface area contributed by atoms with Crippen molar-refractivity contribution in [3.05, 3.63) is 167 Å². The molecule has 0 aliphatic rings. The third-order valence-corrected chi connectivity index (χ3v) is 8.01. The summed E-state index contributed by atoms with van der Waals surface area (Å²) in [6.07, 6.45) is 5.71. The van der Waals surface area contributed by atoms with E-state index in [1.54, 1.807) is 7.11 Å². The Bertz CT molecular complexity index is 1900. The Balaban J connectivity index is 1.62. The molecule has 5 aromatic carbocycles. The first kappa shape index (κ1) is 26.2. The minimum absolute atomic E-state index is 0.619. The van der Waals surface area contributed by atoms with Gasteiger partial charge in [-0.2, -0.15) is 10.2 Å². The van der Waals surface area contributed by atoms with Crippen LogP contribution < -0.4 is 4.74 Å². The third-order valence-electron chi connectivity index (χ3n) is 8.01. The van der Waals surface area contributed by atoms with Crippen LogP contribution in [0.25, 0.3) is 34.4 Å². The molecule has 2 aromatic heterocycles. The molecule has 2 heterocycles. The summed E-state index contributed by atoms with van der Waals surface area (Å²) in [6, 6.07) is 44.3. The van der Waals surface area contributed by atoms with Gasteiger partial charge in [0.25, 0.3) is 0 Å². The summed E-state index contributed by atoms with van der Waals surface area (Å²) in [5.41, 5.74) is 7.40. The summed E-state index contributed by atoms with van der Waals surface area (Å²) in [7, 11) is 1.68. The molecule has 43 heavy (non-hydrogen) atoms. The average Bonchev–Trinajstić information content (AvgIpc) is 3.76. The van der Waals surface area contributed by atoms with E-state index in [1.807, 2.05) is 24.3 Å². The smallest absolute Gasteiger partial charge is 0.159 e. The van der Waals surface area contributed by atoms with Gasteiger partial charge in [0.15, 0.2) is 5.82 Å². The standard InChI is InChI=1S/C37H29N5O/c1-43-34-24-22-31(29(35(34)36-38-25-39-42-36)21-23-33-30-19-11-12-20-32(30)40-41-33)37(26-13-5-2-6-14-26,27-15-7-3-8-16-27)28-17-9-4-10-18-28/h2-25H,1H3,(H,40,41)(H,38,39,42). The van der Waals surface area contributed by atoms with Crippen molar-refractivity contribution in [3.8, 4) is 17.1 Å². The monoisotopic (exact) mass is 559 g/mol. The quantitative estimate of drug-likeness (QED) is 0.185. The predicted molar refractivity (Wildman–Crippen MR) is 172 cm³/mol. The first-order valence-corrected chi connectivity index (χ1v) is 14.2. The van der Waals surface area contributed by atoms with Gasteiger partial charge in [0.2, 0.25) is 0 Å². The molecule has 0 radical (unpaired) electrons. The summed E-state index contributed by atoms with van der Waals surface area (Å²) in [5, 5.41) is 16.1. The largest absolute Gasteiger partial charge is 0.496 e. The summed E-state index contributed by atoms with van der Waals surface area (Å²) in [5.74, 6) is 1.31. The molecule has 0 aliphatic heterocycles. The Morgan fingerprint density at radius 3 is 1.84 bits per heavy atom. The number of methoxy groups -OCH3 is 1. The highest BCUT2D eigenvalue weighted by molar-refractivity contribution is 5.92. The third kappa shape index (κ3) is 4.50. The van der Waals surface area contributed by atoms with Crippen molar-refractivity contribution in [2.24, 2.45) is 0 Å². The molecular weight excluding hydrogens is 530 g/mol. The van der Waals surface area contributed by atoms with Crippen LogP contribution in [0.5, 0.6) is 5.75 Å². The number of H-pyrrole nitrogens is 2. The Hall–Kier alpha value is -5.75. The molecule has 0 amide bonds. The molecule has 6 nitrogen and oxygen atoms in total. The normalized spacial score (nSPS) is 11.7. The lowest BCUT2D eigenvalue weighted by molar-refractivity contribution is 0.415. The SMILES string of the molecule is COc1ccc(C(c2ccccc2)(c2ccccc2)c2ccccc2)c(C=Cc2n[nH]c3ccccc23)c1-c1ncn[nH]1. The molecule has 0 spiro atoms. The molecule has 7 rings (SSSR count). The summed E-state index contributed by atoms with van der Waals surface area (Å²) >= 11 is 0. The van der Waals surface area contributed by atoms with Crippen molar-refractivity contribution in [1.82, 2.24) is 25.4 Å². The minimum Gasteiger partial charge on any atom is -0.496 e. The fourth-order valence-corrected chi connectivity index (χ4v) is 6.14. The minimum atomic E-state index is -0.682. The highest BCUT2D eigenvalue weighted by Gasteiger charge is 2.40. The molecule has 0 saturated carbocycles. The van der Waals surface area contributed by atoms with E-state index in [0.717, 1.165) is 50.0 Å². The number of benzene rings is 5. The summed E-state index contributed by atoms with van der Waals surface area (Å²) in [6.45, 7) is 0. The second-order valence-electron chi connectivity index (χ2n) is 10.3. The van der Waals surface area contributed by atoms with Gasteiger partial charge in [-0.05, 0) is 46.0 Å². The van der Waals surface area contributed by atoms with E-state index in [0.29, 0.717) is 11.6 Å². The highest BCUT2D eigenvalue weighted by atomic mass is 16.5. The number of hydrogen-bond donors (Lipinski definition) is 2. The maximum Gasteiger partial charge on any atom is 0.159 e. The number of rotatable bonds is 8. The second kappa shape index (κ2) is 11.3. The number of fused-ring (bicyclic) bond motifs is 1. The molecule has 6 heteroatoms. The lowest BCUT2D eigenvalue weighted by Crippen LogP contribution is -2.32. The van der Waals surface area contributed by atoms with Crippen LogP contribution in [0.2, 0.25) is 0 Å². The number of hydrogen-bond acceptors (Lipinski definition) is 4. The van der Waals surface area contributed by atoms with E-state index in [-0.39, 0.29) is 0 Å². The maximum atomic E-state index is 5.96. The van der Waals surface area contributed by atoms with Crippen LogP contribution in [0.1, 0.15) is 33.5 Å². The van der Waals surface area contributed by atoms with Gasteiger partial charge in [-0.3, -0.25) is 10.2 Å². The fraction of sp³-hybridized carbons (Fsp3) is 0.0541. The topological polar surface area (TPSA) is 79.5 Å². The van der Waals surface area contributed by atoms with E-state index in [9.17, 15) is 0 Å². The van der Waals surface area contributed by atoms with Crippen molar-refractivity contribution < 1.29 is 4.74 Å². The van der Waals surface area contributed by atoms with Crippen LogP contribution >= 0.6 is 0 Å². The van der Waals surface area contributed by atoms with Crippen LogP contribution in [0.3, 0.4) is 0 Å². The molecule has 0 atom stereocenters. The zero-order valence-corrected chi connectivity index (χ0v) is 23.6. The zero-order valence-electron chi connectivity index (χ0n) is 23.6. The van der Waals surface area contributed by atoms with E-state index >= 15 is 0 Å². The van der Waals surface area contributed by atoms with E-state index in [4.69, 9.17) is 4.74 Å². The number of aromatic nitrogens is 5. The van der Waals surface area contributed by atoms with Gasteiger partial charge in [0.05, 0.1) is 29.3 Å². The molecule has 0 fully saturated rings. The van der Waals surface area contributed by atoms with E-state index in [1.165, 1.54) is 6.33 Å². The molecule has 0 saturated heterocycles. The van der Waals surface area contributed by atoms with Crippen LogP contribution in [0.4, 0.5) is 0 Å². The Morgan fingerprint density at radius 2 is 1.26 bits per heavy atom.